The van der Waals surface area contributed by atoms with Crippen molar-refractivity contribution in [2.75, 3.05) is 18.8 Å². The van der Waals surface area contributed by atoms with Crippen LogP contribution in [0, 0.1) is 19.8 Å². The molecule has 0 radical (unpaired) electrons. The van der Waals surface area contributed by atoms with Gasteiger partial charge in [-0.1, -0.05) is 36.9 Å². The van der Waals surface area contributed by atoms with Crippen molar-refractivity contribution in [3.05, 3.63) is 35.7 Å². The number of aryl methyl sites for hydroxylation is 2. The number of piperidine rings is 1. The Bertz CT molecular complexity index is 720. The summed E-state index contributed by atoms with van der Waals surface area (Å²) in [6.07, 6.45) is 2.21. The van der Waals surface area contributed by atoms with E-state index in [2.05, 4.69) is 36.2 Å². The van der Waals surface area contributed by atoms with Gasteiger partial charge in [-0.05, 0) is 44.2 Å². The Hall–Kier alpha value is -1.82. The van der Waals surface area contributed by atoms with Gasteiger partial charge >= 0.3 is 0 Å². The monoisotopic (exact) mass is 344 g/mol. The molecule has 1 saturated heterocycles. The highest BCUT2D eigenvalue weighted by atomic mass is 32.2. The Morgan fingerprint density at radius 1 is 1.21 bits per heavy atom. The van der Waals surface area contributed by atoms with Crippen LogP contribution < -0.4 is 0 Å². The largest absolute Gasteiger partial charge is 0.342 e. The number of likely N-dealkylation sites (tertiary alicyclic amines) is 1. The molecule has 0 atom stereocenters. The third-order valence-corrected chi connectivity index (χ3v) is 5.53. The minimum absolute atomic E-state index is 0.198. The van der Waals surface area contributed by atoms with E-state index in [1.807, 2.05) is 28.5 Å². The lowest BCUT2D eigenvalue weighted by Crippen LogP contribution is -2.38. The van der Waals surface area contributed by atoms with Crippen molar-refractivity contribution in [1.82, 2.24) is 19.7 Å². The molecule has 1 fully saturated rings. The number of aromatic nitrogens is 3. The summed E-state index contributed by atoms with van der Waals surface area (Å²) < 4.78 is 2.03. The highest BCUT2D eigenvalue weighted by Crippen LogP contribution is 2.25. The number of benzene rings is 1. The van der Waals surface area contributed by atoms with E-state index >= 15 is 0 Å². The van der Waals surface area contributed by atoms with E-state index in [1.54, 1.807) is 0 Å². The molecule has 24 heavy (non-hydrogen) atoms. The summed E-state index contributed by atoms with van der Waals surface area (Å²) in [6, 6.07) is 8.16. The fraction of sp³-hybridized carbons (Fsp3) is 0.500. The van der Waals surface area contributed by atoms with Crippen LogP contribution in [0.5, 0.6) is 0 Å². The summed E-state index contributed by atoms with van der Waals surface area (Å²) in [5.41, 5.74) is 2.24. The molecule has 1 aliphatic heterocycles. The zero-order valence-corrected chi connectivity index (χ0v) is 15.3. The maximum absolute atomic E-state index is 12.4. The van der Waals surface area contributed by atoms with Crippen LogP contribution in [0.15, 0.2) is 29.4 Å². The topological polar surface area (TPSA) is 51.0 Å². The summed E-state index contributed by atoms with van der Waals surface area (Å²) in [5, 5.41) is 9.25. The molecule has 0 spiro atoms. The molecule has 0 unspecified atom stereocenters. The third kappa shape index (κ3) is 3.64. The normalized spacial score (nSPS) is 15.7. The third-order valence-electron chi connectivity index (χ3n) is 4.61. The van der Waals surface area contributed by atoms with Gasteiger partial charge in [0, 0.05) is 13.1 Å². The van der Waals surface area contributed by atoms with Crippen LogP contribution in [0.1, 0.15) is 31.2 Å². The fourth-order valence-corrected chi connectivity index (χ4v) is 3.90. The van der Waals surface area contributed by atoms with Crippen molar-refractivity contribution in [2.24, 2.45) is 5.92 Å². The van der Waals surface area contributed by atoms with Crippen molar-refractivity contribution >= 4 is 17.7 Å². The zero-order chi connectivity index (χ0) is 17.1. The summed E-state index contributed by atoms with van der Waals surface area (Å²) in [4.78, 5) is 14.4. The van der Waals surface area contributed by atoms with Crippen LogP contribution in [0.4, 0.5) is 0 Å². The van der Waals surface area contributed by atoms with E-state index < -0.39 is 0 Å². The van der Waals surface area contributed by atoms with Crippen LogP contribution in [-0.4, -0.2) is 44.4 Å². The number of nitrogens with zero attached hydrogens (tertiary/aromatic N) is 4. The zero-order valence-electron chi connectivity index (χ0n) is 14.5. The second kappa shape index (κ2) is 7.38. The van der Waals surface area contributed by atoms with Gasteiger partial charge in [0.15, 0.2) is 5.16 Å². The first-order chi connectivity index (χ1) is 11.6. The number of carbonyl (C=O) groups is 1. The van der Waals surface area contributed by atoms with Crippen LogP contribution >= 0.6 is 11.8 Å². The number of hydrogen-bond donors (Lipinski definition) is 0. The van der Waals surface area contributed by atoms with E-state index in [0.29, 0.717) is 5.75 Å². The van der Waals surface area contributed by atoms with Crippen molar-refractivity contribution in [3.8, 4) is 5.69 Å². The second-order valence-corrected chi connectivity index (χ2v) is 7.45. The molecular weight excluding hydrogens is 320 g/mol. The van der Waals surface area contributed by atoms with Gasteiger partial charge in [0.2, 0.25) is 5.91 Å². The molecule has 2 aromatic rings. The lowest BCUT2D eigenvalue weighted by atomic mass is 9.99. The van der Waals surface area contributed by atoms with E-state index in [0.717, 1.165) is 48.5 Å². The van der Waals surface area contributed by atoms with Gasteiger partial charge in [-0.2, -0.15) is 0 Å². The first-order valence-corrected chi connectivity index (χ1v) is 9.43. The van der Waals surface area contributed by atoms with Crippen LogP contribution in [0.25, 0.3) is 5.69 Å². The average Bonchev–Trinajstić information content (AvgIpc) is 2.94. The number of amides is 1. The molecule has 0 N–H and O–H groups in total. The van der Waals surface area contributed by atoms with E-state index in [-0.39, 0.29) is 5.91 Å². The summed E-state index contributed by atoms with van der Waals surface area (Å²) in [5.74, 6) is 2.18. The molecule has 2 heterocycles. The van der Waals surface area contributed by atoms with Crippen molar-refractivity contribution < 1.29 is 4.79 Å². The van der Waals surface area contributed by atoms with Gasteiger partial charge in [0.1, 0.15) is 5.82 Å². The molecule has 128 valence electrons. The van der Waals surface area contributed by atoms with Crippen molar-refractivity contribution in [3.63, 3.8) is 0 Å². The van der Waals surface area contributed by atoms with Crippen LogP contribution in [-0.2, 0) is 4.79 Å². The molecule has 0 bridgehead atoms. The lowest BCUT2D eigenvalue weighted by Gasteiger charge is -2.30. The first kappa shape index (κ1) is 17.0. The standard InChI is InChI=1S/C18H24N4OS/c1-13-8-10-21(11-9-13)17(23)12-24-18-20-19-15(3)22(18)16-7-5-4-6-14(16)2/h4-7,13H,8-12H2,1-3H3. The Balaban J connectivity index is 1.71. The van der Waals surface area contributed by atoms with Crippen molar-refractivity contribution in [1.29, 1.82) is 0 Å². The molecular formula is C18H24N4OS. The molecule has 1 aliphatic rings. The molecule has 1 aromatic heterocycles. The predicted octanol–water partition coefficient (Wildman–Crippen LogP) is 3.23. The van der Waals surface area contributed by atoms with Gasteiger partial charge in [-0.3, -0.25) is 9.36 Å². The minimum Gasteiger partial charge on any atom is -0.342 e. The highest BCUT2D eigenvalue weighted by molar-refractivity contribution is 7.99. The van der Waals surface area contributed by atoms with Gasteiger partial charge in [-0.15, -0.1) is 10.2 Å². The Labute approximate surface area is 147 Å². The lowest BCUT2D eigenvalue weighted by molar-refractivity contribution is -0.129. The molecule has 0 saturated carbocycles. The average molecular weight is 344 g/mol. The van der Waals surface area contributed by atoms with E-state index in [4.69, 9.17) is 0 Å². The predicted molar refractivity (Wildman–Crippen MR) is 96.5 cm³/mol. The second-order valence-electron chi connectivity index (χ2n) is 6.50. The quantitative estimate of drug-likeness (QED) is 0.799. The molecule has 6 heteroatoms. The number of thioether (sulfide) groups is 1. The maximum Gasteiger partial charge on any atom is 0.233 e. The fourth-order valence-electron chi connectivity index (χ4n) is 3.00. The number of para-hydroxylation sites is 1. The number of rotatable bonds is 4. The molecule has 5 nitrogen and oxygen atoms in total. The minimum atomic E-state index is 0.198. The Morgan fingerprint density at radius 2 is 1.92 bits per heavy atom. The maximum atomic E-state index is 12.4. The highest BCUT2D eigenvalue weighted by Gasteiger charge is 2.21. The molecule has 0 aliphatic carbocycles. The van der Waals surface area contributed by atoms with Gasteiger partial charge in [-0.25, -0.2) is 0 Å². The molecule has 1 aromatic carbocycles. The van der Waals surface area contributed by atoms with Gasteiger partial charge in [0.25, 0.3) is 0 Å². The summed E-state index contributed by atoms with van der Waals surface area (Å²) in [6.45, 7) is 8.03. The Kier molecular flexibility index (Phi) is 5.23. The van der Waals surface area contributed by atoms with Gasteiger partial charge < -0.3 is 4.90 Å². The van der Waals surface area contributed by atoms with E-state index in [9.17, 15) is 4.79 Å². The first-order valence-electron chi connectivity index (χ1n) is 8.45. The SMILES string of the molecule is Cc1ccccc1-n1c(C)nnc1SCC(=O)N1CCC(C)CC1. The Morgan fingerprint density at radius 3 is 2.62 bits per heavy atom. The molecule has 1 amide bonds. The van der Waals surface area contributed by atoms with Gasteiger partial charge in [0.05, 0.1) is 11.4 Å². The summed E-state index contributed by atoms with van der Waals surface area (Å²) >= 11 is 1.47. The van der Waals surface area contributed by atoms with Crippen LogP contribution in [0.2, 0.25) is 0 Å². The smallest absolute Gasteiger partial charge is 0.233 e. The summed E-state index contributed by atoms with van der Waals surface area (Å²) in [7, 11) is 0. The van der Waals surface area contributed by atoms with E-state index in [1.165, 1.54) is 17.3 Å². The number of hydrogen-bond acceptors (Lipinski definition) is 4. The molecule has 3 rings (SSSR count). The van der Waals surface area contributed by atoms with Crippen molar-refractivity contribution in [2.45, 2.75) is 38.8 Å². The number of carbonyl (C=O) groups excluding carboxylic acids is 1. The van der Waals surface area contributed by atoms with Crippen LogP contribution in [0.3, 0.4) is 0 Å².